The van der Waals surface area contributed by atoms with Gasteiger partial charge in [-0.2, -0.15) is 0 Å². The Balaban J connectivity index is 2.13. The minimum atomic E-state index is 0.0642. The lowest BCUT2D eigenvalue weighted by molar-refractivity contribution is 0.280. The number of rotatable bonds is 4. The second-order valence-electron chi connectivity index (χ2n) is 4.63. The maximum absolute atomic E-state index is 9.17. The van der Waals surface area contributed by atoms with Gasteiger partial charge in [-0.15, -0.1) is 0 Å². The van der Waals surface area contributed by atoms with Crippen molar-refractivity contribution in [1.82, 2.24) is 0 Å². The van der Waals surface area contributed by atoms with Crippen LogP contribution in [0.4, 0.5) is 0 Å². The van der Waals surface area contributed by atoms with E-state index in [1.54, 1.807) is 0 Å². The summed E-state index contributed by atoms with van der Waals surface area (Å²) < 4.78 is 6.96. The topological polar surface area (TPSA) is 29.5 Å². The maximum Gasteiger partial charge on any atom is 0.125 e. The average molecular weight is 321 g/mol. The Hall–Kier alpha value is -1.32. The molecule has 0 saturated carbocycles. The van der Waals surface area contributed by atoms with Crippen molar-refractivity contribution in [1.29, 1.82) is 0 Å². The van der Waals surface area contributed by atoms with Crippen LogP contribution in [0.15, 0.2) is 40.9 Å². The number of benzene rings is 2. The Morgan fingerprint density at radius 3 is 2.11 bits per heavy atom. The van der Waals surface area contributed by atoms with Crippen LogP contribution in [-0.4, -0.2) is 5.11 Å². The number of hydrogen-bond acceptors (Lipinski definition) is 2. The van der Waals surface area contributed by atoms with E-state index < -0.39 is 0 Å². The lowest BCUT2D eigenvalue weighted by Gasteiger charge is -2.13. The smallest absolute Gasteiger partial charge is 0.125 e. The van der Waals surface area contributed by atoms with Gasteiger partial charge in [0.25, 0.3) is 0 Å². The normalized spacial score (nSPS) is 10.5. The molecule has 0 unspecified atom stereocenters. The van der Waals surface area contributed by atoms with Gasteiger partial charge >= 0.3 is 0 Å². The number of hydrogen-bond donors (Lipinski definition) is 1. The molecule has 2 aromatic rings. The van der Waals surface area contributed by atoms with E-state index in [9.17, 15) is 0 Å². The fourth-order valence-electron chi connectivity index (χ4n) is 2.10. The molecule has 0 fully saturated rings. The van der Waals surface area contributed by atoms with Crippen molar-refractivity contribution in [2.24, 2.45) is 0 Å². The van der Waals surface area contributed by atoms with Crippen molar-refractivity contribution in [2.45, 2.75) is 27.1 Å². The van der Waals surface area contributed by atoms with Gasteiger partial charge in [-0.1, -0.05) is 40.2 Å². The highest BCUT2D eigenvalue weighted by Crippen LogP contribution is 2.26. The second-order valence-corrected chi connectivity index (χ2v) is 5.55. The van der Waals surface area contributed by atoms with Gasteiger partial charge in [-0.05, 0) is 48.2 Å². The molecular formula is C16H17BrO2. The molecule has 0 aliphatic rings. The summed E-state index contributed by atoms with van der Waals surface area (Å²) in [4.78, 5) is 0. The van der Waals surface area contributed by atoms with E-state index in [1.807, 2.05) is 50.2 Å². The maximum atomic E-state index is 9.17. The molecule has 2 aromatic carbocycles. The lowest BCUT2D eigenvalue weighted by atomic mass is 10.1. The standard InChI is InChI=1S/C16H17BrO2/c1-11-7-14(9-18)8-12(2)16(11)19-10-13-3-5-15(17)6-4-13/h3-8,18H,9-10H2,1-2H3. The third kappa shape index (κ3) is 3.58. The SMILES string of the molecule is Cc1cc(CO)cc(C)c1OCc1ccc(Br)cc1. The largest absolute Gasteiger partial charge is 0.488 e. The van der Waals surface area contributed by atoms with Crippen molar-refractivity contribution >= 4 is 15.9 Å². The highest BCUT2D eigenvalue weighted by molar-refractivity contribution is 9.10. The molecule has 1 N–H and O–H groups in total. The summed E-state index contributed by atoms with van der Waals surface area (Å²) in [5, 5.41) is 9.17. The molecule has 100 valence electrons. The van der Waals surface area contributed by atoms with Crippen molar-refractivity contribution in [2.75, 3.05) is 0 Å². The second kappa shape index (κ2) is 6.22. The Bertz CT molecular complexity index is 538. The summed E-state index contributed by atoms with van der Waals surface area (Å²) in [7, 11) is 0. The summed E-state index contributed by atoms with van der Waals surface area (Å²) >= 11 is 3.42. The van der Waals surface area contributed by atoms with Gasteiger partial charge in [0.15, 0.2) is 0 Å². The van der Waals surface area contributed by atoms with Crippen LogP contribution in [0.3, 0.4) is 0 Å². The zero-order valence-corrected chi connectivity index (χ0v) is 12.7. The fourth-order valence-corrected chi connectivity index (χ4v) is 2.36. The van der Waals surface area contributed by atoms with Crippen LogP contribution in [0.2, 0.25) is 0 Å². The fraction of sp³-hybridized carbons (Fsp3) is 0.250. The van der Waals surface area contributed by atoms with Crippen LogP contribution < -0.4 is 4.74 Å². The first-order chi connectivity index (χ1) is 9.10. The van der Waals surface area contributed by atoms with Crippen molar-refractivity contribution in [3.63, 3.8) is 0 Å². The Morgan fingerprint density at radius 2 is 1.58 bits per heavy atom. The highest BCUT2D eigenvalue weighted by atomic mass is 79.9. The molecule has 2 nitrogen and oxygen atoms in total. The van der Waals surface area contributed by atoms with E-state index in [1.165, 1.54) is 0 Å². The van der Waals surface area contributed by atoms with Gasteiger partial charge in [-0.25, -0.2) is 0 Å². The summed E-state index contributed by atoms with van der Waals surface area (Å²) in [5.74, 6) is 0.903. The third-order valence-electron chi connectivity index (χ3n) is 3.00. The van der Waals surface area contributed by atoms with E-state index >= 15 is 0 Å². The zero-order chi connectivity index (χ0) is 13.8. The molecular weight excluding hydrogens is 304 g/mol. The molecule has 0 spiro atoms. The zero-order valence-electron chi connectivity index (χ0n) is 11.1. The van der Waals surface area contributed by atoms with Crippen LogP contribution >= 0.6 is 15.9 Å². The quantitative estimate of drug-likeness (QED) is 0.917. The molecule has 2 rings (SSSR count). The summed E-state index contributed by atoms with van der Waals surface area (Å²) in [6.07, 6.45) is 0. The predicted molar refractivity (Wildman–Crippen MR) is 80.3 cm³/mol. The van der Waals surface area contributed by atoms with Gasteiger partial charge in [-0.3, -0.25) is 0 Å². The molecule has 0 aliphatic carbocycles. The van der Waals surface area contributed by atoms with Gasteiger partial charge in [0.05, 0.1) is 6.61 Å². The number of aliphatic hydroxyl groups excluding tert-OH is 1. The van der Waals surface area contributed by atoms with E-state index in [4.69, 9.17) is 9.84 Å². The molecule has 0 atom stereocenters. The molecule has 19 heavy (non-hydrogen) atoms. The third-order valence-corrected chi connectivity index (χ3v) is 3.53. The molecule has 0 saturated heterocycles. The minimum absolute atomic E-state index is 0.0642. The van der Waals surface area contributed by atoms with E-state index in [0.717, 1.165) is 32.5 Å². The summed E-state index contributed by atoms with van der Waals surface area (Å²) in [5.41, 5.74) is 4.17. The van der Waals surface area contributed by atoms with E-state index in [-0.39, 0.29) is 6.61 Å². The number of aryl methyl sites for hydroxylation is 2. The van der Waals surface area contributed by atoms with Crippen LogP contribution in [0.25, 0.3) is 0 Å². The predicted octanol–water partition coefficient (Wildman–Crippen LogP) is 4.14. The lowest BCUT2D eigenvalue weighted by Crippen LogP contribution is -2.00. The van der Waals surface area contributed by atoms with Crippen molar-refractivity contribution in [3.05, 3.63) is 63.1 Å². The molecule has 0 aliphatic heterocycles. The molecule has 0 amide bonds. The first-order valence-electron chi connectivity index (χ1n) is 6.18. The molecule has 0 aromatic heterocycles. The van der Waals surface area contributed by atoms with Gasteiger partial charge in [0.2, 0.25) is 0 Å². The average Bonchev–Trinajstić information content (AvgIpc) is 2.39. The van der Waals surface area contributed by atoms with Crippen LogP contribution in [0.5, 0.6) is 5.75 Å². The van der Waals surface area contributed by atoms with Crippen LogP contribution in [-0.2, 0) is 13.2 Å². The molecule has 0 radical (unpaired) electrons. The first kappa shape index (κ1) is 14.1. The molecule has 0 bridgehead atoms. The molecule has 0 heterocycles. The summed E-state index contributed by atoms with van der Waals surface area (Å²) in [6, 6.07) is 12.0. The highest BCUT2D eigenvalue weighted by Gasteiger charge is 2.06. The number of aliphatic hydroxyl groups is 1. The first-order valence-corrected chi connectivity index (χ1v) is 6.97. The van der Waals surface area contributed by atoms with E-state index in [0.29, 0.717) is 6.61 Å². The molecule has 3 heteroatoms. The van der Waals surface area contributed by atoms with Gasteiger partial charge in [0, 0.05) is 4.47 Å². The summed E-state index contributed by atoms with van der Waals surface area (Å²) in [6.45, 7) is 4.62. The van der Waals surface area contributed by atoms with Crippen molar-refractivity contribution < 1.29 is 9.84 Å². The van der Waals surface area contributed by atoms with Crippen molar-refractivity contribution in [3.8, 4) is 5.75 Å². The number of ether oxygens (including phenoxy) is 1. The number of halogens is 1. The Labute approximate surface area is 122 Å². The Kier molecular flexibility index (Phi) is 4.61. The van der Waals surface area contributed by atoms with Gasteiger partial charge < -0.3 is 9.84 Å². The minimum Gasteiger partial charge on any atom is -0.488 e. The Morgan fingerprint density at radius 1 is 1.00 bits per heavy atom. The van der Waals surface area contributed by atoms with E-state index in [2.05, 4.69) is 15.9 Å². The van der Waals surface area contributed by atoms with Crippen LogP contribution in [0, 0.1) is 13.8 Å². The van der Waals surface area contributed by atoms with Crippen LogP contribution in [0.1, 0.15) is 22.3 Å². The monoisotopic (exact) mass is 320 g/mol. The van der Waals surface area contributed by atoms with Gasteiger partial charge in [0.1, 0.15) is 12.4 Å².